The summed E-state index contributed by atoms with van der Waals surface area (Å²) in [4.78, 5) is 3.56. The molecule has 0 spiro atoms. The van der Waals surface area contributed by atoms with E-state index in [1.54, 1.807) is 11.3 Å². The van der Waals surface area contributed by atoms with Gasteiger partial charge in [-0.25, -0.2) is 0 Å². The fraction of sp³-hybridized carbons (Fsp3) is 0.692. The third kappa shape index (κ3) is 5.17. The maximum absolute atomic E-state index is 9.55. The van der Waals surface area contributed by atoms with Crippen LogP contribution in [0.1, 0.15) is 24.3 Å². The number of hydrogen-bond donors (Lipinski definition) is 2. The summed E-state index contributed by atoms with van der Waals surface area (Å²) in [7, 11) is 0. The van der Waals surface area contributed by atoms with Crippen molar-refractivity contribution < 1.29 is 10.2 Å². The van der Waals surface area contributed by atoms with E-state index in [9.17, 15) is 5.11 Å². The van der Waals surface area contributed by atoms with E-state index in [1.165, 1.54) is 10.4 Å². The molecule has 1 atom stereocenters. The van der Waals surface area contributed by atoms with E-state index < -0.39 is 6.10 Å². The summed E-state index contributed by atoms with van der Waals surface area (Å²) in [6.07, 6.45) is -0.644. The second-order valence-electron chi connectivity index (χ2n) is 4.95. The lowest BCUT2D eigenvalue weighted by molar-refractivity contribution is 0.0533. The Morgan fingerprint density at radius 1 is 1.35 bits per heavy atom. The van der Waals surface area contributed by atoms with E-state index in [4.69, 9.17) is 5.11 Å². The Labute approximate surface area is 108 Å². The largest absolute Gasteiger partial charge is 0.394 e. The van der Waals surface area contributed by atoms with Gasteiger partial charge in [0, 0.05) is 24.5 Å². The van der Waals surface area contributed by atoms with E-state index in [1.807, 2.05) is 0 Å². The first-order valence-electron chi connectivity index (χ1n) is 6.07. The highest BCUT2D eigenvalue weighted by atomic mass is 32.1. The van der Waals surface area contributed by atoms with Crippen LogP contribution in [0.5, 0.6) is 0 Å². The number of thiophene rings is 1. The lowest BCUT2D eigenvalue weighted by atomic mass is 10.2. The molecule has 0 radical (unpaired) electrons. The van der Waals surface area contributed by atoms with Crippen molar-refractivity contribution in [2.45, 2.75) is 33.4 Å². The van der Waals surface area contributed by atoms with E-state index in [-0.39, 0.29) is 6.61 Å². The van der Waals surface area contributed by atoms with Crippen molar-refractivity contribution in [1.29, 1.82) is 0 Å². The highest BCUT2D eigenvalue weighted by Crippen LogP contribution is 2.18. The average Bonchev–Trinajstić information content (AvgIpc) is 2.63. The minimum atomic E-state index is -0.644. The Balaban J connectivity index is 2.60. The number of nitrogens with zero attached hydrogens (tertiary/aromatic N) is 1. The van der Waals surface area contributed by atoms with Gasteiger partial charge >= 0.3 is 0 Å². The standard InChI is InChI=1S/C13H23NO2S/c1-10(2)6-14(7-12(16)9-15)8-13-11(3)4-5-17-13/h4-5,10,12,15-16H,6-9H2,1-3H3. The Hall–Kier alpha value is -0.420. The van der Waals surface area contributed by atoms with Crippen LogP contribution in [0.4, 0.5) is 0 Å². The molecule has 0 aliphatic carbocycles. The molecule has 0 aromatic carbocycles. The van der Waals surface area contributed by atoms with Crippen LogP contribution in [0.2, 0.25) is 0 Å². The first-order valence-corrected chi connectivity index (χ1v) is 6.95. The molecule has 0 aliphatic rings. The van der Waals surface area contributed by atoms with Gasteiger partial charge < -0.3 is 10.2 Å². The third-order valence-corrected chi connectivity index (χ3v) is 3.65. The molecule has 3 nitrogen and oxygen atoms in total. The number of rotatable bonds is 7. The summed E-state index contributed by atoms with van der Waals surface area (Å²) < 4.78 is 0. The quantitative estimate of drug-likeness (QED) is 0.784. The molecule has 17 heavy (non-hydrogen) atoms. The first kappa shape index (κ1) is 14.6. The summed E-state index contributed by atoms with van der Waals surface area (Å²) in [5, 5.41) is 20.6. The molecule has 1 aromatic rings. The highest BCUT2D eigenvalue weighted by molar-refractivity contribution is 7.10. The minimum absolute atomic E-state index is 0.169. The molecule has 0 saturated heterocycles. The molecule has 1 rings (SSSR count). The summed E-state index contributed by atoms with van der Waals surface area (Å²) in [5.74, 6) is 0.557. The van der Waals surface area contributed by atoms with Gasteiger partial charge in [0.1, 0.15) is 0 Å². The lowest BCUT2D eigenvalue weighted by Crippen LogP contribution is -2.36. The van der Waals surface area contributed by atoms with Gasteiger partial charge in [-0.3, -0.25) is 4.90 Å². The molecule has 2 N–H and O–H groups in total. The topological polar surface area (TPSA) is 43.7 Å². The number of hydrogen-bond acceptors (Lipinski definition) is 4. The van der Waals surface area contributed by atoms with E-state index in [0.717, 1.165) is 13.1 Å². The normalized spacial score (nSPS) is 13.6. The van der Waals surface area contributed by atoms with Gasteiger partial charge in [-0.05, 0) is 29.9 Å². The van der Waals surface area contributed by atoms with Crippen molar-refractivity contribution in [2.24, 2.45) is 5.92 Å². The summed E-state index contributed by atoms with van der Waals surface area (Å²) in [5.41, 5.74) is 1.31. The SMILES string of the molecule is Cc1ccsc1CN(CC(C)C)CC(O)CO. The maximum atomic E-state index is 9.55. The number of aliphatic hydroxyl groups excluding tert-OH is 2. The molecule has 0 saturated carbocycles. The number of aryl methyl sites for hydroxylation is 1. The van der Waals surface area contributed by atoms with Gasteiger partial charge in [0.25, 0.3) is 0 Å². The zero-order chi connectivity index (χ0) is 12.8. The predicted molar refractivity (Wildman–Crippen MR) is 72.3 cm³/mol. The van der Waals surface area contributed by atoms with Gasteiger partial charge in [-0.2, -0.15) is 0 Å². The van der Waals surface area contributed by atoms with Gasteiger partial charge in [-0.15, -0.1) is 11.3 Å². The average molecular weight is 257 g/mol. The molecular formula is C13H23NO2S. The second-order valence-corrected chi connectivity index (χ2v) is 5.95. The molecule has 1 aromatic heterocycles. The molecular weight excluding hydrogens is 234 g/mol. The molecule has 1 unspecified atom stereocenters. The van der Waals surface area contributed by atoms with Crippen LogP contribution in [0.15, 0.2) is 11.4 Å². The van der Waals surface area contributed by atoms with Crippen molar-refractivity contribution >= 4 is 11.3 Å². The van der Waals surface area contributed by atoms with Crippen LogP contribution < -0.4 is 0 Å². The van der Waals surface area contributed by atoms with Crippen molar-refractivity contribution in [1.82, 2.24) is 4.90 Å². The smallest absolute Gasteiger partial charge is 0.0897 e. The monoisotopic (exact) mass is 257 g/mol. The van der Waals surface area contributed by atoms with Gasteiger partial charge in [-0.1, -0.05) is 13.8 Å². The van der Waals surface area contributed by atoms with Crippen LogP contribution in [0.3, 0.4) is 0 Å². The molecule has 0 fully saturated rings. The fourth-order valence-corrected chi connectivity index (χ4v) is 2.79. The van der Waals surface area contributed by atoms with Gasteiger partial charge in [0.15, 0.2) is 0 Å². The van der Waals surface area contributed by atoms with Gasteiger partial charge in [0.05, 0.1) is 12.7 Å². The predicted octanol–water partition coefficient (Wildman–Crippen LogP) is 1.87. The Bertz CT molecular complexity index is 325. The second kappa shape index (κ2) is 7.11. The molecule has 0 aliphatic heterocycles. The summed E-state index contributed by atoms with van der Waals surface area (Å²) in [6, 6.07) is 2.12. The molecule has 0 amide bonds. The van der Waals surface area contributed by atoms with Crippen molar-refractivity contribution in [2.75, 3.05) is 19.7 Å². The Morgan fingerprint density at radius 2 is 2.06 bits per heavy atom. The maximum Gasteiger partial charge on any atom is 0.0897 e. The van der Waals surface area contributed by atoms with E-state index in [0.29, 0.717) is 12.5 Å². The summed E-state index contributed by atoms with van der Waals surface area (Å²) >= 11 is 1.75. The molecule has 4 heteroatoms. The third-order valence-electron chi connectivity index (χ3n) is 2.64. The van der Waals surface area contributed by atoms with E-state index in [2.05, 4.69) is 37.1 Å². The van der Waals surface area contributed by atoms with Crippen molar-refractivity contribution in [3.8, 4) is 0 Å². The Kier molecular flexibility index (Phi) is 6.12. The molecule has 98 valence electrons. The number of aliphatic hydroxyl groups is 2. The zero-order valence-electron chi connectivity index (χ0n) is 10.9. The highest BCUT2D eigenvalue weighted by Gasteiger charge is 2.14. The fourth-order valence-electron chi connectivity index (χ4n) is 1.84. The molecule has 0 bridgehead atoms. The van der Waals surface area contributed by atoms with Crippen LogP contribution in [0.25, 0.3) is 0 Å². The first-order chi connectivity index (χ1) is 8.02. The molecule has 1 heterocycles. The minimum Gasteiger partial charge on any atom is -0.394 e. The van der Waals surface area contributed by atoms with Crippen molar-refractivity contribution in [3.05, 3.63) is 21.9 Å². The van der Waals surface area contributed by atoms with Crippen LogP contribution in [-0.4, -0.2) is 40.9 Å². The van der Waals surface area contributed by atoms with E-state index >= 15 is 0 Å². The van der Waals surface area contributed by atoms with Crippen LogP contribution in [-0.2, 0) is 6.54 Å². The summed E-state index contributed by atoms with van der Waals surface area (Å²) in [6.45, 7) is 8.61. The lowest BCUT2D eigenvalue weighted by Gasteiger charge is -2.25. The van der Waals surface area contributed by atoms with Crippen LogP contribution in [0, 0.1) is 12.8 Å². The van der Waals surface area contributed by atoms with Crippen molar-refractivity contribution in [3.63, 3.8) is 0 Å². The zero-order valence-corrected chi connectivity index (χ0v) is 11.7. The van der Waals surface area contributed by atoms with Crippen LogP contribution >= 0.6 is 11.3 Å². The Morgan fingerprint density at radius 3 is 2.53 bits per heavy atom. The van der Waals surface area contributed by atoms with Gasteiger partial charge in [0.2, 0.25) is 0 Å².